The number of hydrogen-bond donors (Lipinski definition) is 1. The van der Waals surface area contributed by atoms with Gasteiger partial charge >= 0.3 is 0 Å². The van der Waals surface area contributed by atoms with Gasteiger partial charge in [0, 0.05) is 19.5 Å². The van der Waals surface area contributed by atoms with Gasteiger partial charge in [-0.3, -0.25) is 4.79 Å². The fraction of sp³-hybridized carbons (Fsp3) is 0.310. The van der Waals surface area contributed by atoms with Crippen molar-refractivity contribution in [3.63, 3.8) is 0 Å². The van der Waals surface area contributed by atoms with Crippen molar-refractivity contribution in [3.8, 4) is 11.5 Å². The van der Waals surface area contributed by atoms with Crippen LogP contribution < -0.4 is 14.8 Å². The fourth-order valence-electron chi connectivity index (χ4n) is 4.16. The third-order valence-electron chi connectivity index (χ3n) is 5.92. The van der Waals surface area contributed by atoms with Gasteiger partial charge < -0.3 is 19.4 Å². The molecule has 36 heavy (non-hydrogen) atoms. The maximum atomic E-state index is 12.2. The Morgan fingerprint density at radius 1 is 1.08 bits per heavy atom. The number of rotatable bonds is 13. The van der Waals surface area contributed by atoms with E-state index in [0.29, 0.717) is 13.2 Å². The molecule has 0 radical (unpaired) electrons. The van der Waals surface area contributed by atoms with Crippen LogP contribution in [0.4, 0.5) is 0 Å². The summed E-state index contributed by atoms with van der Waals surface area (Å²) in [7, 11) is 1.67. The zero-order valence-corrected chi connectivity index (χ0v) is 21.7. The summed E-state index contributed by atoms with van der Waals surface area (Å²) in [6.45, 7) is 4.12. The van der Waals surface area contributed by atoms with Gasteiger partial charge in [-0.2, -0.15) is 0 Å². The van der Waals surface area contributed by atoms with E-state index < -0.39 is 0 Å². The maximum absolute atomic E-state index is 12.2. The molecule has 0 spiro atoms. The number of benzene rings is 2. The van der Waals surface area contributed by atoms with Crippen molar-refractivity contribution in [2.75, 3.05) is 20.3 Å². The Hall–Kier alpha value is -3.58. The molecule has 0 bridgehead atoms. The molecule has 4 aromatic rings. The van der Waals surface area contributed by atoms with Crippen molar-refractivity contribution in [2.45, 2.75) is 39.2 Å². The Morgan fingerprint density at radius 3 is 2.78 bits per heavy atom. The van der Waals surface area contributed by atoms with E-state index >= 15 is 0 Å². The van der Waals surface area contributed by atoms with Gasteiger partial charge in [0.1, 0.15) is 5.82 Å². The van der Waals surface area contributed by atoms with Crippen LogP contribution in [0.25, 0.3) is 17.1 Å². The predicted molar refractivity (Wildman–Crippen MR) is 147 cm³/mol. The molecule has 6 nitrogen and oxygen atoms in total. The zero-order chi connectivity index (χ0) is 25.2. The molecule has 0 aliphatic rings. The van der Waals surface area contributed by atoms with Crippen molar-refractivity contribution in [1.29, 1.82) is 0 Å². The average Bonchev–Trinajstić information content (AvgIpc) is 3.56. The first kappa shape index (κ1) is 25.5. The van der Waals surface area contributed by atoms with Crippen LogP contribution in [0.5, 0.6) is 11.5 Å². The van der Waals surface area contributed by atoms with E-state index in [4.69, 9.17) is 14.5 Å². The van der Waals surface area contributed by atoms with Crippen molar-refractivity contribution in [1.82, 2.24) is 14.9 Å². The highest BCUT2D eigenvalue weighted by Gasteiger charge is 2.11. The summed E-state index contributed by atoms with van der Waals surface area (Å²) < 4.78 is 13.8. The van der Waals surface area contributed by atoms with E-state index in [2.05, 4.69) is 28.1 Å². The summed E-state index contributed by atoms with van der Waals surface area (Å²) in [5, 5.41) is 4.92. The van der Waals surface area contributed by atoms with E-state index in [-0.39, 0.29) is 5.91 Å². The minimum Gasteiger partial charge on any atom is -0.493 e. The number of hydrogen-bond acceptors (Lipinski definition) is 5. The van der Waals surface area contributed by atoms with E-state index in [1.807, 2.05) is 60.9 Å². The fourth-order valence-corrected chi connectivity index (χ4v) is 4.80. The maximum Gasteiger partial charge on any atom is 0.261 e. The monoisotopic (exact) mass is 503 g/mol. The lowest BCUT2D eigenvalue weighted by molar-refractivity contribution is 0.0957. The van der Waals surface area contributed by atoms with Crippen LogP contribution in [-0.2, 0) is 13.0 Å². The molecule has 0 aliphatic heterocycles. The number of nitrogens with one attached hydrogen (secondary N) is 1. The molecule has 4 rings (SSSR count). The van der Waals surface area contributed by atoms with Crippen LogP contribution in [0.3, 0.4) is 0 Å². The zero-order valence-electron chi connectivity index (χ0n) is 20.9. The standard InChI is InChI=1S/C29H33N3O3S/c1-3-10-22-15-16-25(26(21-22)34-2)35-19-7-6-18-32-24-12-5-4-11-23(24)31-28(32)14-8-17-30-29(33)27-13-9-20-36-27/h3-5,9-13,15-16,20-21H,6-8,14,17-19H2,1-2H3,(H,30,33)/b10-3+. The Labute approximate surface area is 216 Å². The topological polar surface area (TPSA) is 65.4 Å². The van der Waals surface area contributed by atoms with Crippen molar-refractivity contribution < 1.29 is 14.3 Å². The van der Waals surface area contributed by atoms with Gasteiger partial charge in [0.05, 0.1) is 29.6 Å². The number of aryl methyl sites for hydroxylation is 2. The second kappa shape index (κ2) is 12.9. The van der Waals surface area contributed by atoms with Crippen LogP contribution in [0.2, 0.25) is 0 Å². The molecule has 188 valence electrons. The highest BCUT2D eigenvalue weighted by atomic mass is 32.1. The molecule has 2 heterocycles. The summed E-state index contributed by atoms with van der Waals surface area (Å²) >= 11 is 1.46. The van der Waals surface area contributed by atoms with Gasteiger partial charge in [-0.15, -0.1) is 11.3 Å². The predicted octanol–water partition coefficient (Wildman–Crippen LogP) is 6.36. The molecule has 2 aromatic heterocycles. The van der Waals surface area contributed by atoms with Crippen LogP contribution in [-0.4, -0.2) is 35.7 Å². The van der Waals surface area contributed by atoms with Gasteiger partial charge in [0.15, 0.2) is 11.5 Å². The Morgan fingerprint density at radius 2 is 1.97 bits per heavy atom. The quantitative estimate of drug-likeness (QED) is 0.216. The summed E-state index contributed by atoms with van der Waals surface area (Å²) in [5.74, 6) is 2.57. The minimum absolute atomic E-state index is 0.00778. The molecule has 7 heteroatoms. The van der Waals surface area contributed by atoms with Crippen molar-refractivity contribution in [3.05, 3.63) is 82.3 Å². The van der Waals surface area contributed by atoms with Gasteiger partial charge in [-0.25, -0.2) is 4.98 Å². The first-order valence-corrected chi connectivity index (χ1v) is 13.3. The lowest BCUT2D eigenvalue weighted by atomic mass is 10.2. The second-order valence-corrected chi connectivity index (χ2v) is 9.42. The van der Waals surface area contributed by atoms with Gasteiger partial charge in [-0.1, -0.05) is 36.4 Å². The van der Waals surface area contributed by atoms with Crippen LogP contribution >= 0.6 is 11.3 Å². The number of fused-ring (bicyclic) bond motifs is 1. The van der Waals surface area contributed by atoms with E-state index in [1.54, 1.807) is 7.11 Å². The number of carbonyl (C=O) groups excluding carboxylic acids is 1. The van der Waals surface area contributed by atoms with Crippen molar-refractivity contribution >= 4 is 34.4 Å². The Bertz CT molecular complexity index is 1290. The largest absolute Gasteiger partial charge is 0.493 e. The highest BCUT2D eigenvalue weighted by molar-refractivity contribution is 7.12. The van der Waals surface area contributed by atoms with Crippen LogP contribution in [0.15, 0.2) is 66.1 Å². The number of thiophene rings is 1. The summed E-state index contributed by atoms with van der Waals surface area (Å²) in [5.41, 5.74) is 3.25. The van der Waals surface area contributed by atoms with Crippen LogP contribution in [0, 0.1) is 0 Å². The molecule has 0 unspecified atom stereocenters. The number of nitrogens with zero attached hydrogens (tertiary/aromatic N) is 2. The number of imidazole rings is 1. The SMILES string of the molecule is C/C=C/c1ccc(OCCCCn2c(CCCNC(=O)c3cccs3)nc3ccccc32)c(OC)c1. The average molecular weight is 504 g/mol. The summed E-state index contributed by atoms with van der Waals surface area (Å²) in [4.78, 5) is 17.8. The van der Waals surface area contributed by atoms with E-state index in [9.17, 15) is 4.79 Å². The van der Waals surface area contributed by atoms with Crippen molar-refractivity contribution in [2.24, 2.45) is 0 Å². The second-order valence-electron chi connectivity index (χ2n) is 8.47. The summed E-state index contributed by atoms with van der Waals surface area (Å²) in [6, 6.07) is 18.0. The summed E-state index contributed by atoms with van der Waals surface area (Å²) in [6.07, 6.45) is 7.59. The lowest BCUT2D eigenvalue weighted by Gasteiger charge is -2.12. The smallest absolute Gasteiger partial charge is 0.261 e. The number of aromatic nitrogens is 2. The molecule has 0 saturated carbocycles. The number of ether oxygens (including phenoxy) is 2. The molecule has 1 N–H and O–H groups in total. The normalized spacial score (nSPS) is 11.3. The Balaban J connectivity index is 1.29. The van der Waals surface area contributed by atoms with Crippen LogP contribution in [0.1, 0.15) is 47.2 Å². The molecule has 2 aromatic carbocycles. The molecule has 0 saturated heterocycles. The van der Waals surface area contributed by atoms with Gasteiger partial charge in [0.2, 0.25) is 0 Å². The van der Waals surface area contributed by atoms with Gasteiger partial charge in [-0.05, 0) is 67.5 Å². The van der Waals surface area contributed by atoms with E-state index in [0.717, 1.165) is 71.0 Å². The number of carbonyl (C=O) groups is 1. The first-order valence-electron chi connectivity index (χ1n) is 12.4. The number of allylic oxidation sites excluding steroid dienone is 1. The third kappa shape index (κ3) is 6.55. The highest BCUT2D eigenvalue weighted by Crippen LogP contribution is 2.29. The Kier molecular flexibility index (Phi) is 9.16. The molecule has 0 fully saturated rings. The van der Waals surface area contributed by atoms with Gasteiger partial charge in [0.25, 0.3) is 5.91 Å². The first-order chi connectivity index (χ1) is 17.7. The molecular weight excluding hydrogens is 470 g/mol. The lowest BCUT2D eigenvalue weighted by Crippen LogP contribution is -2.24. The number of methoxy groups -OCH3 is 1. The third-order valence-corrected chi connectivity index (χ3v) is 6.79. The van der Waals surface area contributed by atoms with E-state index in [1.165, 1.54) is 11.3 Å². The molecular formula is C29H33N3O3S. The molecule has 0 atom stereocenters. The molecule has 0 aliphatic carbocycles. The number of para-hydroxylation sites is 2. The minimum atomic E-state index is -0.00778. The number of amides is 1. The number of unbranched alkanes of at least 4 members (excludes halogenated alkanes) is 1. The molecule has 1 amide bonds.